The van der Waals surface area contributed by atoms with Crippen LogP contribution in [0.15, 0.2) is 11.0 Å². The van der Waals surface area contributed by atoms with Gasteiger partial charge in [-0.3, -0.25) is 14.9 Å². The molecule has 0 unspecified atom stereocenters. The van der Waals surface area contributed by atoms with Gasteiger partial charge in [-0.05, 0) is 0 Å². The van der Waals surface area contributed by atoms with Crippen LogP contribution in [0.4, 0.5) is 14.5 Å². The van der Waals surface area contributed by atoms with Crippen molar-refractivity contribution in [2.45, 2.75) is 13.0 Å². The van der Waals surface area contributed by atoms with E-state index in [0.29, 0.717) is 0 Å². The number of aromatic amines is 1. The minimum Gasteiger partial charge on any atom is -0.358 e. The summed E-state index contributed by atoms with van der Waals surface area (Å²) >= 11 is 0. The van der Waals surface area contributed by atoms with Crippen molar-refractivity contribution in [3.63, 3.8) is 0 Å². The quantitative estimate of drug-likeness (QED) is 0.576. The number of nitrogens with one attached hydrogen (secondary N) is 1. The van der Waals surface area contributed by atoms with Crippen molar-refractivity contribution >= 4 is 5.69 Å². The minimum atomic E-state index is -3.06. The van der Waals surface area contributed by atoms with Crippen molar-refractivity contribution in [3.8, 4) is 0 Å². The average Bonchev–Trinajstić information content (AvgIpc) is 2.15. The molecule has 0 aromatic carbocycles. The van der Waals surface area contributed by atoms with Crippen LogP contribution >= 0.6 is 0 Å². The fraction of sp³-hybridized carbons (Fsp3) is 0.286. The Bertz CT molecular complexity index is 444. The second-order valence-electron chi connectivity index (χ2n) is 2.66. The molecule has 0 amide bonds. The van der Waals surface area contributed by atoms with Gasteiger partial charge >= 0.3 is 5.69 Å². The zero-order valence-electron chi connectivity index (χ0n) is 7.37. The van der Waals surface area contributed by atoms with Gasteiger partial charge in [-0.15, -0.1) is 0 Å². The van der Waals surface area contributed by atoms with Crippen LogP contribution in [0.5, 0.6) is 0 Å². The summed E-state index contributed by atoms with van der Waals surface area (Å²) in [5, 5.41) is 10.5. The first-order chi connectivity index (χ1) is 6.99. The van der Waals surface area contributed by atoms with E-state index >= 15 is 0 Å². The molecule has 0 bridgehead atoms. The van der Waals surface area contributed by atoms with E-state index in [4.69, 9.17) is 5.73 Å². The van der Waals surface area contributed by atoms with Crippen molar-refractivity contribution in [1.82, 2.24) is 4.98 Å². The molecular formula is C7H7F2N3O3. The van der Waals surface area contributed by atoms with E-state index in [1.165, 1.54) is 0 Å². The van der Waals surface area contributed by atoms with Crippen molar-refractivity contribution in [1.29, 1.82) is 0 Å². The predicted molar refractivity (Wildman–Crippen MR) is 46.6 cm³/mol. The summed E-state index contributed by atoms with van der Waals surface area (Å²) in [5.74, 6) is 0. The number of aromatic nitrogens is 1. The zero-order chi connectivity index (χ0) is 11.6. The molecule has 0 saturated heterocycles. The first-order valence-corrected chi connectivity index (χ1v) is 3.86. The Hall–Kier alpha value is -1.83. The smallest absolute Gasteiger partial charge is 0.337 e. The Morgan fingerprint density at radius 1 is 1.60 bits per heavy atom. The molecule has 0 aliphatic carbocycles. The Balaban J connectivity index is 3.50. The van der Waals surface area contributed by atoms with E-state index in [2.05, 4.69) is 4.98 Å². The molecule has 6 nitrogen and oxygen atoms in total. The molecule has 3 N–H and O–H groups in total. The Morgan fingerprint density at radius 3 is 2.60 bits per heavy atom. The molecule has 0 aliphatic heterocycles. The molecule has 82 valence electrons. The largest absolute Gasteiger partial charge is 0.358 e. The molecule has 8 heteroatoms. The van der Waals surface area contributed by atoms with Crippen molar-refractivity contribution in [2.24, 2.45) is 5.73 Å². The van der Waals surface area contributed by atoms with Crippen LogP contribution < -0.4 is 11.2 Å². The third kappa shape index (κ3) is 1.99. The van der Waals surface area contributed by atoms with E-state index in [1.54, 1.807) is 0 Å². The summed E-state index contributed by atoms with van der Waals surface area (Å²) in [6.07, 6.45) is -2.32. The maximum absolute atomic E-state index is 12.2. The molecule has 15 heavy (non-hydrogen) atoms. The fourth-order valence-electron chi connectivity index (χ4n) is 1.08. The standard InChI is InChI=1S/C7H7F2N3O3/c8-7(9)3-2-11-4(1-10)5(6(3)13)12(14)15/h2,7H,1,10H2,(H,11,13). The summed E-state index contributed by atoms with van der Waals surface area (Å²) in [6.45, 7) is -0.297. The summed E-state index contributed by atoms with van der Waals surface area (Å²) in [6, 6.07) is 0. The number of rotatable bonds is 3. The van der Waals surface area contributed by atoms with E-state index in [-0.39, 0.29) is 12.2 Å². The lowest BCUT2D eigenvalue weighted by Gasteiger charge is -2.02. The first-order valence-electron chi connectivity index (χ1n) is 3.86. The van der Waals surface area contributed by atoms with Crippen molar-refractivity contribution in [3.05, 3.63) is 37.8 Å². The lowest BCUT2D eigenvalue weighted by molar-refractivity contribution is -0.387. The minimum absolute atomic E-state index is 0.172. The third-order valence-corrected chi connectivity index (χ3v) is 1.79. The molecule has 1 aromatic rings. The third-order valence-electron chi connectivity index (χ3n) is 1.79. The van der Waals surface area contributed by atoms with Gasteiger partial charge in [-0.25, -0.2) is 8.78 Å². The number of hydrogen-bond donors (Lipinski definition) is 2. The van der Waals surface area contributed by atoms with Crippen molar-refractivity contribution in [2.75, 3.05) is 0 Å². The molecule has 0 spiro atoms. The highest BCUT2D eigenvalue weighted by atomic mass is 19.3. The SMILES string of the molecule is NCc1[nH]cc(C(F)F)c(=O)c1[N+](=O)[O-]. The summed E-state index contributed by atoms with van der Waals surface area (Å²) in [7, 11) is 0. The highest BCUT2D eigenvalue weighted by Crippen LogP contribution is 2.18. The van der Waals surface area contributed by atoms with Crippen LogP contribution in [0.2, 0.25) is 0 Å². The fourth-order valence-corrected chi connectivity index (χ4v) is 1.08. The van der Waals surface area contributed by atoms with Gasteiger partial charge in [-0.1, -0.05) is 0 Å². The molecule has 1 rings (SSSR count). The van der Waals surface area contributed by atoms with E-state index < -0.39 is 28.0 Å². The van der Waals surface area contributed by atoms with E-state index in [1.807, 2.05) is 0 Å². The predicted octanol–water partition coefficient (Wildman–Crippen LogP) is 0.679. The van der Waals surface area contributed by atoms with Gasteiger partial charge in [0.25, 0.3) is 11.9 Å². The molecule has 0 radical (unpaired) electrons. The number of pyridine rings is 1. The van der Waals surface area contributed by atoms with Gasteiger partial charge in [0.2, 0.25) is 0 Å². The maximum atomic E-state index is 12.2. The summed E-state index contributed by atoms with van der Waals surface area (Å²) < 4.78 is 24.5. The lowest BCUT2D eigenvalue weighted by atomic mass is 10.2. The molecule has 0 atom stereocenters. The van der Waals surface area contributed by atoms with Crippen LogP contribution in [0.3, 0.4) is 0 Å². The van der Waals surface area contributed by atoms with Crippen LogP contribution in [-0.4, -0.2) is 9.91 Å². The monoisotopic (exact) mass is 219 g/mol. The lowest BCUT2D eigenvalue weighted by Crippen LogP contribution is -2.19. The van der Waals surface area contributed by atoms with Crippen molar-refractivity contribution < 1.29 is 13.7 Å². The number of alkyl halides is 2. The van der Waals surface area contributed by atoms with Crippen LogP contribution in [0, 0.1) is 10.1 Å². The molecule has 0 fully saturated rings. The average molecular weight is 219 g/mol. The normalized spacial score (nSPS) is 10.7. The summed E-state index contributed by atoms with van der Waals surface area (Å²) in [5.41, 5.74) is 1.80. The van der Waals surface area contributed by atoms with Crippen LogP contribution in [0.1, 0.15) is 17.7 Å². The van der Waals surface area contributed by atoms with Gasteiger partial charge in [0, 0.05) is 12.7 Å². The highest BCUT2D eigenvalue weighted by molar-refractivity contribution is 5.38. The van der Waals surface area contributed by atoms with E-state index in [9.17, 15) is 23.7 Å². The number of nitro groups is 1. The number of H-pyrrole nitrogens is 1. The molecule has 1 aromatic heterocycles. The number of nitrogens with two attached hydrogens (primary N) is 1. The Morgan fingerprint density at radius 2 is 2.20 bits per heavy atom. The maximum Gasteiger partial charge on any atom is 0.337 e. The molecule has 1 heterocycles. The van der Waals surface area contributed by atoms with Gasteiger partial charge in [-0.2, -0.15) is 0 Å². The van der Waals surface area contributed by atoms with Gasteiger partial charge in [0.05, 0.1) is 10.5 Å². The topological polar surface area (TPSA) is 102 Å². The number of halogens is 2. The van der Waals surface area contributed by atoms with Gasteiger partial charge < -0.3 is 10.7 Å². The van der Waals surface area contributed by atoms with Crippen LogP contribution in [0.25, 0.3) is 0 Å². The zero-order valence-corrected chi connectivity index (χ0v) is 7.37. The second-order valence-corrected chi connectivity index (χ2v) is 2.66. The highest BCUT2D eigenvalue weighted by Gasteiger charge is 2.24. The number of nitrogens with zero attached hydrogens (tertiary/aromatic N) is 1. The molecule has 0 saturated carbocycles. The summed E-state index contributed by atoms with van der Waals surface area (Å²) in [4.78, 5) is 22.9. The molecular weight excluding hydrogens is 212 g/mol. The van der Waals surface area contributed by atoms with E-state index in [0.717, 1.165) is 6.20 Å². The Kier molecular flexibility index (Phi) is 3.10. The Labute approximate surface area is 81.9 Å². The van der Waals surface area contributed by atoms with Gasteiger partial charge in [0.15, 0.2) is 0 Å². The first kappa shape index (κ1) is 11.2. The molecule has 0 aliphatic rings. The number of hydrogen-bond acceptors (Lipinski definition) is 4. The van der Waals surface area contributed by atoms with Gasteiger partial charge in [0.1, 0.15) is 5.69 Å². The van der Waals surface area contributed by atoms with Crippen LogP contribution in [-0.2, 0) is 6.54 Å². The second kappa shape index (κ2) is 4.13.